The van der Waals surface area contributed by atoms with Gasteiger partial charge in [0.25, 0.3) is 0 Å². The minimum absolute atomic E-state index is 0.00229. The maximum atomic E-state index is 6.23. The molecule has 2 atom stereocenters. The number of halogens is 2. The van der Waals surface area contributed by atoms with Crippen LogP contribution in [0.25, 0.3) is 0 Å². The summed E-state index contributed by atoms with van der Waals surface area (Å²) in [5, 5.41) is 0.729. The standard InChI is InChI=1S/C15H13BrClNO/c16-10-3-6-12-13(18)8-14(19-15(12)7-10)9-1-4-11(17)5-2-9/h1-7,13-14H,8,18H2/t13-,14?/m1/s1. The Balaban J connectivity index is 1.93. The monoisotopic (exact) mass is 337 g/mol. The highest BCUT2D eigenvalue weighted by Gasteiger charge is 2.27. The molecule has 1 aliphatic rings. The lowest BCUT2D eigenvalue weighted by Gasteiger charge is -2.30. The van der Waals surface area contributed by atoms with Gasteiger partial charge in [-0.2, -0.15) is 0 Å². The molecule has 0 saturated carbocycles. The highest BCUT2D eigenvalue weighted by molar-refractivity contribution is 9.10. The summed E-state index contributed by atoms with van der Waals surface area (Å²) in [7, 11) is 0. The molecule has 3 rings (SSSR count). The van der Waals surface area contributed by atoms with Crippen LogP contribution in [0.2, 0.25) is 5.02 Å². The minimum Gasteiger partial charge on any atom is -0.485 e. The average Bonchev–Trinajstić information content (AvgIpc) is 2.38. The van der Waals surface area contributed by atoms with Crippen LogP contribution in [0.1, 0.15) is 29.7 Å². The van der Waals surface area contributed by atoms with E-state index in [4.69, 9.17) is 22.1 Å². The second kappa shape index (κ2) is 5.16. The van der Waals surface area contributed by atoms with Crippen molar-refractivity contribution in [2.75, 3.05) is 0 Å². The van der Waals surface area contributed by atoms with Gasteiger partial charge >= 0.3 is 0 Å². The van der Waals surface area contributed by atoms with Crippen molar-refractivity contribution in [1.29, 1.82) is 0 Å². The van der Waals surface area contributed by atoms with Crippen LogP contribution in [0.15, 0.2) is 46.9 Å². The van der Waals surface area contributed by atoms with E-state index in [0.717, 1.165) is 32.8 Å². The Morgan fingerprint density at radius 3 is 2.63 bits per heavy atom. The van der Waals surface area contributed by atoms with Gasteiger partial charge in [-0.05, 0) is 29.8 Å². The first-order valence-electron chi connectivity index (χ1n) is 6.10. The van der Waals surface area contributed by atoms with Crippen LogP contribution in [0.4, 0.5) is 0 Å². The lowest BCUT2D eigenvalue weighted by molar-refractivity contribution is 0.161. The molecule has 2 nitrogen and oxygen atoms in total. The van der Waals surface area contributed by atoms with E-state index in [1.807, 2.05) is 42.5 Å². The van der Waals surface area contributed by atoms with Crippen LogP contribution >= 0.6 is 27.5 Å². The summed E-state index contributed by atoms with van der Waals surface area (Å²) in [5.41, 5.74) is 8.40. The maximum absolute atomic E-state index is 6.23. The molecule has 0 fully saturated rings. The summed E-state index contributed by atoms with van der Waals surface area (Å²) in [5.74, 6) is 0.855. The fourth-order valence-corrected chi connectivity index (χ4v) is 2.82. The Labute approximate surface area is 125 Å². The van der Waals surface area contributed by atoms with Crippen molar-refractivity contribution in [3.63, 3.8) is 0 Å². The number of fused-ring (bicyclic) bond motifs is 1. The Morgan fingerprint density at radius 2 is 1.89 bits per heavy atom. The van der Waals surface area contributed by atoms with E-state index >= 15 is 0 Å². The summed E-state index contributed by atoms with van der Waals surface area (Å²) >= 11 is 9.37. The first-order chi connectivity index (χ1) is 9.13. The topological polar surface area (TPSA) is 35.2 Å². The largest absolute Gasteiger partial charge is 0.485 e. The highest BCUT2D eigenvalue weighted by atomic mass is 79.9. The zero-order valence-electron chi connectivity index (χ0n) is 10.1. The van der Waals surface area contributed by atoms with Crippen molar-refractivity contribution in [2.24, 2.45) is 5.73 Å². The molecule has 0 aromatic heterocycles. The first kappa shape index (κ1) is 13.0. The van der Waals surface area contributed by atoms with Gasteiger partial charge in [0.2, 0.25) is 0 Å². The third-order valence-electron chi connectivity index (χ3n) is 3.35. The van der Waals surface area contributed by atoms with Crippen LogP contribution in [0, 0.1) is 0 Å². The lowest BCUT2D eigenvalue weighted by atomic mass is 9.94. The summed E-state index contributed by atoms with van der Waals surface area (Å²) in [6.07, 6.45) is 0.755. The van der Waals surface area contributed by atoms with Crippen LogP contribution in [-0.4, -0.2) is 0 Å². The molecule has 2 aromatic rings. The van der Waals surface area contributed by atoms with Gasteiger partial charge in [0.15, 0.2) is 0 Å². The van der Waals surface area contributed by atoms with Gasteiger partial charge in [-0.3, -0.25) is 0 Å². The Morgan fingerprint density at radius 1 is 1.16 bits per heavy atom. The van der Waals surface area contributed by atoms with E-state index in [1.54, 1.807) is 0 Å². The van der Waals surface area contributed by atoms with Crippen molar-refractivity contribution in [3.8, 4) is 5.75 Å². The predicted octanol–water partition coefficient (Wildman–Crippen LogP) is 4.63. The van der Waals surface area contributed by atoms with Gasteiger partial charge in [0.1, 0.15) is 11.9 Å². The maximum Gasteiger partial charge on any atom is 0.126 e. The number of nitrogens with two attached hydrogens (primary N) is 1. The molecule has 2 aromatic carbocycles. The SMILES string of the molecule is N[C@@H]1CC(c2ccc(Cl)cc2)Oc2cc(Br)ccc21. The van der Waals surface area contributed by atoms with Gasteiger partial charge in [0, 0.05) is 27.5 Å². The molecule has 2 N–H and O–H groups in total. The first-order valence-corrected chi connectivity index (χ1v) is 7.28. The Bertz CT molecular complexity index is 600. The summed E-state index contributed by atoms with van der Waals surface area (Å²) < 4.78 is 7.05. The van der Waals surface area contributed by atoms with Gasteiger partial charge in [-0.25, -0.2) is 0 Å². The van der Waals surface area contributed by atoms with E-state index in [0.29, 0.717) is 0 Å². The second-order valence-electron chi connectivity index (χ2n) is 4.68. The molecule has 0 bridgehead atoms. The third-order valence-corrected chi connectivity index (χ3v) is 4.10. The number of rotatable bonds is 1. The van der Waals surface area contributed by atoms with Crippen molar-refractivity contribution in [2.45, 2.75) is 18.6 Å². The smallest absolute Gasteiger partial charge is 0.126 e. The Hall–Kier alpha value is -1.03. The third kappa shape index (κ3) is 2.64. The van der Waals surface area contributed by atoms with Crippen LogP contribution in [0.3, 0.4) is 0 Å². The lowest BCUT2D eigenvalue weighted by Crippen LogP contribution is -2.24. The molecule has 1 unspecified atom stereocenters. The molecular weight excluding hydrogens is 326 g/mol. The molecule has 1 aliphatic heterocycles. The van der Waals surface area contributed by atoms with Crippen molar-refractivity contribution in [1.82, 2.24) is 0 Å². The summed E-state index contributed by atoms with van der Waals surface area (Å²) in [4.78, 5) is 0. The number of benzene rings is 2. The van der Waals surface area contributed by atoms with Crippen molar-refractivity contribution >= 4 is 27.5 Å². The van der Waals surface area contributed by atoms with Crippen LogP contribution in [-0.2, 0) is 0 Å². The molecule has 98 valence electrons. The van der Waals surface area contributed by atoms with Crippen molar-refractivity contribution in [3.05, 3.63) is 63.1 Å². The molecule has 0 saturated heterocycles. The van der Waals surface area contributed by atoms with E-state index in [2.05, 4.69) is 15.9 Å². The molecule has 1 heterocycles. The van der Waals surface area contributed by atoms with E-state index in [-0.39, 0.29) is 12.1 Å². The van der Waals surface area contributed by atoms with E-state index < -0.39 is 0 Å². The van der Waals surface area contributed by atoms with Crippen molar-refractivity contribution < 1.29 is 4.74 Å². The van der Waals surface area contributed by atoms with Crippen LogP contribution < -0.4 is 10.5 Å². The van der Waals surface area contributed by atoms with Crippen LogP contribution in [0.5, 0.6) is 5.75 Å². The molecule has 4 heteroatoms. The molecular formula is C15H13BrClNO. The van der Waals surface area contributed by atoms with E-state index in [1.165, 1.54) is 0 Å². The summed E-state index contributed by atoms with van der Waals surface area (Å²) in [6, 6.07) is 13.7. The second-order valence-corrected chi connectivity index (χ2v) is 6.03. The average molecular weight is 339 g/mol. The molecule has 0 amide bonds. The zero-order valence-corrected chi connectivity index (χ0v) is 12.5. The number of ether oxygens (including phenoxy) is 1. The van der Waals surface area contributed by atoms with Gasteiger partial charge in [-0.15, -0.1) is 0 Å². The molecule has 0 radical (unpaired) electrons. The zero-order chi connectivity index (χ0) is 13.4. The number of hydrogen-bond donors (Lipinski definition) is 1. The van der Waals surface area contributed by atoms with E-state index in [9.17, 15) is 0 Å². The summed E-state index contributed by atoms with van der Waals surface area (Å²) in [6.45, 7) is 0. The fraction of sp³-hybridized carbons (Fsp3) is 0.200. The molecule has 19 heavy (non-hydrogen) atoms. The highest BCUT2D eigenvalue weighted by Crippen LogP contribution is 2.40. The predicted molar refractivity (Wildman–Crippen MR) is 80.5 cm³/mol. The fourth-order valence-electron chi connectivity index (χ4n) is 2.36. The molecule has 0 spiro atoms. The minimum atomic E-state index is -0.0194. The normalized spacial score (nSPS) is 21.6. The quantitative estimate of drug-likeness (QED) is 0.823. The number of hydrogen-bond acceptors (Lipinski definition) is 2. The molecule has 0 aliphatic carbocycles. The van der Waals surface area contributed by atoms with Gasteiger partial charge in [0.05, 0.1) is 0 Å². The van der Waals surface area contributed by atoms with Gasteiger partial charge in [-0.1, -0.05) is 45.7 Å². The van der Waals surface area contributed by atoms with Gasteiger partial charge < -0.3 is 10.5 Å². The Kier molecular flexibility index (Phi) is 3.52.